The van der Waals surface area contributed by atoms with Gasteiger partial charge in [0.25, 0.3) is 5.91 Å². The fraction of sp³-hybridized carbons (Fsp3) is 0.118. The molecule has 0 aromatic heterocycles. The lowest BCUT2D eigenvalue weighted by molar-refractivity contribution is -0.137. The first-order valence-electron chi connectivity index (χ1n) is 6.92. The summed E-state index contributed by atoms with van der Waals surface area (Å²) >= 11 is 0. The highest BCUT2D eigenvalue weighted by Crippen LogP contribution is 2.18. The maximum Gasteiger partial charge on any atom is 0.329 e. The van der Waals surface area contributed by atoms with Gasteiger partial charge in [0.1, 0.15) is 0 Å². The Labute approximate surface area is 127 Å². The van der Waals surface area contributed by atoms with Crippen molar-refractivity contribution in [1.82, 2.24) is 5.32 Å². The Balaban J connectivity index is 1.75. The van der Waals surface area contributed by atoms with E-state index in [1.165, 1.54) is 10.5 Å². The van der Waals surface area contributed by atoms with Crippen LogP contribution in [-0.2, 0) is 16.0 Å². The van der Waals surface area contributed by atoms with Crippen LogP contribution in [0.5, 0.6) is 0 Å². The third-order valence-corrected chi connectivity index (χ3v) is 3.52. The van der Waals surface area contributed by atoms with Gasteiger partial charge in [0.2, 0.25) is 5.78 Å². The molecule has 22 heavy (non-hydrogen) atoms. The van der Waals surface area contributed by atoms with Gasteiger partial charge in [0.15, 0.2) is 0 Å². The predicted octanol–water partition coefficient (Wildman–Crippen LogP) is 1.90. The summed E-state index contributed by atoms with van der Waals surface area (Å²) in [6.07, 6.45) is 0.796. The molecule has 5 heteroatoms. The molecule has 1 heterocycles. The molecule has 1 N–H and O–H groups in total. The SMILES string of the molecule is O=C1CN(c2ccc(Cc3ccccc3)cc2)C(=O)NC1=O. The second kappa shape index (κ2) is 5.81. The van der Waals surface area contributed by atoms with Crippen molar-refractivity contribution < 1.29 is 14.4 Å². The average molecular weight is 294 g/mol. The second-order valence-corrected chi connectivity index (χ2v) is 5.10. The molecule has 3 rings (SSSR count). The van der Waals surface area contributed by atoms with Crippen molar-refractivity contribution in [2.45, 2.75) is 6.42 Å². The number of imide groups is 1. The van der Waals surface area contributed by atoms with E-state index in [2.05, 4.69) is 12.1 Å². The molecular formula is C17H14N2O3. The molecule has 0 unspecified atom stereocenters. The lowest BCUT2D eigenvalue weighted by Gasteiger charge is -2.25. The van der Waals surface area contributed by atoms with Gasteiger partial charge >= 0.3 is 6.03 Å². The van der Waals surface area contributed by atoms with Crippen molar-refractivity contribution in [3.8, 4) is 0 Å². The molecule has 1 saturated heterocycles. The Hall–Kier alpha value is -2.95. The minimum atomic E-state index is -0.845. The summed E-state index contributed by atoms with van der Waals surface area (Å²) in [6.45, 7) is -0.220. The molecule has 2 aromatic rings. The molecule has 1 aliphatic rings. The van der Waals surface area contributed by atoms with E-state index in [4.69, 9.17) is 0 Å². The van der Waals surface area contributed by atoms with Crippen molar-refractivity contribution in [2.75, 3.05) is 11.4 Å². The summed E-state index contributed by atoms with van der Waals surface area (Å²) in [4.78, 5) is 35.6. The summed E-state index contributed by atoms with van der Waals surface area (Å²) in [6, 6.07) is 16.9. The Morgan fingerprint density at radius 3 is 2.18 bits per heavy atom. The maximum atomic E-state index is 11.8. The van der Waals surface area contributed by atoms with E-state index in [-0.39, 0.29) is 6.54 Å². The standard InChI is InChI=1S/C17H14N2O3/c20-15-11-19(17(22)18-16(15)21)14-8-6-13(7-9-14)10-12-4-2-1-3-5-12/h1-9H,10-11H2,(H,18,21,22). The highest BCUT2D eigenvalue weighted by Gasteiger charge is 2.30. The third kappa shape index (κ3) is 2.88. The number of carbonyl (C=O) groups is 3. The number of nitrogens with zero attached hydrogens (tertiary/aromatic N) is 1. The summed E-state index contributed by atoms with van der Waals surface area (Å²) in [5, 5.41) is 2.03. The first kappa shape index (κ1) is 14.0. The zero-order chi connectivity index (χ0) is 15.5. The van der Waals surface area contributed by atoms with E-state index >= 15 is 0 Å². The number of hydrogen-bond donors (Lipinski definition) is 1. The molecule has 3 amide bonds. The largest absolute Gasteiger partial charge is 0.329 e. The normalized spacial score (nSPS) is 14.9. The number of carbonyl (C=O) groups excluding carboxylic acids is 3. The fourth-order valence-corrected chi connectivity index (χ4v) is 2.36. The van der Waals surface area contributed by atoms with Crippen molar-refractivity contribution in [3.63, 3.8) is 0 Å². The molecule has 1 fully saturated rings. The number of benzene rings is 2. The van der Waals surface area contributed by atoms with E-state index in [1.54, 1.807) is 12.1 Å². The third-order valence-electron chi connectivity index (χ3n) is 3.52. The smallest absolute Gasteiger partial charge is 0.287 e. The predicted molar refractivity (Wildman–Crippen MR) is 81.6 cm³/mol. The van der Waals surface area contributed by atoms with E-state index in [0.29, 0.717) is 5.69 Å². The number of ketones is 1. The van der Waals surface area contributed by atoms with Crippen LogP contribution >= 0.6 is 0 Å². The molecule has 2 aromatic carbocycles. The zero-order valence-electron chi connectivity index (χ0n) is 11.8. The first-order chi connectivity index (χ1) is 10.6. The minimum Gasteiger partial charge on any atom is -0.287 e. The first-order valence-corrected chi connectivity index (χ1v) is 6.92. The Bertz CT molecular complexity index is 723. The van der Waals surface area contributed by atoms with Crippen LogP contribution in [0.4, 0.5) is 10.5 Å². The number of Topliss-reactive ketones (excluding diaryl/α,β-unsaturated/α-hetero) is 1. The van der Waals surface area contributed by atoms with Gasteiger partial charge in [0, 0.05) is 5.69 Å². The van der Waals surface area contributed by atoms with Crippen molar-refractivity contribution in [1.29, 1.82) is 0 Å². The number of rotatable bonds is 3. The van der Waals surface area contributed by atoms with Crippen molar-refractivity contribution in [3.05, 3.63) is 65.7 Å². The maximum absolute atomic E-state index is 11.8. The van der Waals surface area contributed by atoms with E-state index < -0.39 is 17.7 Å². The van der Waals surface area contributed by atoms with Crippen molar-refractivity contribution in [2.24, 2.45) is 0 Å². The Morgan fingerprint density at radius 1 is 0.864 bits per heavy atom. The van der Waals surface area contributed by atoms with Crippen LogP contribution in [0.25, 0.3) is 0 Å². The van der Waals surface area contributed by atoms with Gasteiger partial charge in [-0.2, -0.15) is 0 Å². The summed E-state index contributed by atoms with van der Waals surface area (Å²) in [5.74, 6) is -1.46. The summed E-state index contributed by atoms with van der Waals surface area (Å²) in [7, 11) is 0. The molecule has 0 bridgehead atoms. The molecule has 110 valence electrons. The topological polar surface area (TPSA) is 66.5 Å². The van der Waals surface area contributed by atoms with Crippen LogP contribution in [0.1, 0.15) is 11.1 Å². The number of anilines is 1. The van der Waals surface area contributed by atoms with Gasteiger partial charge in [-0.15, -0.1) is 0 Å². The highest BCUT2D eigenvalue weighted by molar-refractivity contribution is 6.43. The van der Waals surface area contributed by atoms with Gasteiger partial charge in [-0.25, -0.2) is 4.79 Å². The van der Waals surface area contributed by atoms with Gasteiger partial charge in [-0.1, -0.05) is 42.5 Å². The Morgan fingerprint density at radius 2 is 1.50 bits per heavy atom. The van der Waals surface area contributed by atoms with Crippen molar-refractivity contribution >= 4 is 23.4 Å². The van der Waals surface area contributed by atoms with Crippen LogP contribution < -0.4 is 10.2 Å². The Kier molecular flexibility index (Phi) is 3.70. The van der Waals surface area contributed by atoms with Gasteiger partial charge in [0.05, 0.1) is 6.54 Å². The number of amides is 3. The van der Waals surface area contributed by atoms with Crippen LogP contribution in [0.3, 0.4) is 0 Å². The monoisotopic (exact) mass is 294 g/mol. The van der Waals surface area contributed by atoms with Crippen LogP contribution in [0, 0.1) is 0 Å². The molecule has 0 spiro atoms. The minimum absolute atomic E-state index is 0.220. The molecular weight excluding hydrogens is 280 g/mol. The molecule has 0 atom stereocenters. The summed E-state index contributed by atoms with van der Waals surface area (Å²) in [5.41, 5.74) is 2.90. The average Bonchev–Trinajstić information content (AvgIpc) is 2.53. The van der Waals surface area contributed by atoms with E-state index in [0.717, 1.165) is 12.0 Å². The van der Waals surface area contributed by atoms with Gasteiger partial charge in [-0.05, 0) is 29.7 Å². The van der Waals surface area contributed by atoms with Gasteiger partial charge < -0.3 is 0 Å². The number of hydrogen-bond acceptors (Lipinski definition) is 3. The van der Waals surface area contributed by atoms with Crippen LogP contribution in [0.15, 0.2) is 54.6 Å². The second-order valence-electron chi connectivity index (χ2n) is 5.10. The quantitative estimate of drug-likeness (QED) is 0.879. The molecule has 5 nitrogen and oxygen atoms in total. The van der Waals surface area contributed by atoms with Crippen LogP contribution in [-0.4, -0.2) is 24.3 Å². The number of nitrogens with one attached hydrogen (secondary N) is 1. The van der Waals surface area contributed by atoms with Crippen LogP contribution in [0.2, 0.25) is 0 Å². The highest BCUT2D eigenvalue weighted by atomic mass is 16.2. The lowest BCUT2D eigenvalue weighted by Crippen LogP contribution is -2.55. The van der Waals surface area contributed by atoms with E-state index in [1.807, 2.05) is 35.6 Å². The number of urea groups is 1. The molecule has 0 radical (unpaired) electrons. The fourth-order valence-electron chi connectivity index (χ4n) is 2.36. The molecule has 0 aliphatic carbocycles. The lowest BCUT2D eigenvalue weighted by atomic mass is 10.0. The summed E-state index contributed by atoms with van der Waals surface area (Å²) < 4.78 is 0. The zero-order valence-corrected chi connectivity index (χ0v) is 11.8. The molecule has 1 aliphatic heterocycles. The molecule has 0 saturated carbocycles. The van der Waals surface area contributed by atoms with E-state index in [9.17, 15) is 14.4 Å². The van der Waals surface area contributed by atoms with Gasteiger partial charge in [-0.3, -0.25) is 19.8 Å².